The van der Waals surface area contributed by atoms with E-state index in [9.17, 15) is 4.79 Å². The molecule has 5 heteroatoms. The van der Waals surface area contributed by atoms with Crippen LogP contribution in [0, 0.1) is 0 Å². The van der Waals surface area contributed by atoms with E-state index in [0.717, 1.165) is 25.8 Å². The van der Waals surface area contributed by atoms with Crippen LogP contribution in [0.5, 0.6) is 0 Å². The second-order valence-corrected chi connectivity index (χ2v) is 5.09. The molecule has 0 aromatic carbocycles. The van der Waals surface area contributed by atoms with E-state index < -0.39 is 0 Å². The summed E-state index contributed by atoms with van der Waals surface area (Å²) in [6, 6.07) is 0.446. The van der Waals surface area contributed by atoms with Gasteiger partial charge in [-0.15, -0.1) is 11.6 Å². The molecule has 1 aliphatic carbocycles. The smallest absolute Gasteiger partial charge is 0.293 e. The van der Waals surface area contributed by atoms with Gasteiger partial charge in [0.25, 0.3) is 5.56 Å². The van der Waals surface area contributed by atoms with E-state index in [4.69, 9.17) is 11.6 Å². The second-order valence-electron chi connectivity index (χ2n) is 4.72. The van der Waals surface area contributed by atoms with Crippen LogP contribution in [-0.4, -0.2) is 28.0 Å². The van der Waals surface area contributed by atoms with Crippen molar-refractivity contribution < 1.29 is 0 Å². The summed E-state index contributed by atoms with van der Waals surface area (Å²) in [5.74, 6) is 1.09. The minimum Gasteiger partial charge on any atom is -0.348 e. The standard InChI is InChI=1S/C13H20ClN3O/c1-2-8-16-10-7-15-12(13(16)18)17(9-6-14)11-4-3-5-11/h7,10-11H,2-6,8-9H2,1H3. The maximum absolute atomic E-state index is 12.3. The number of nitrogens with zero attached hydrogens (tertiary/aromatic N) is 3. The van der Waals surface area contributed by atoms with Gasteiger partial charge in [-0.3, -0.25) is 4.79 Å². The first-order valence-electron chi connectivity index (χ1n) is 6.66. The lowest BCUT2D eigenvalue weighted by atomic mass is 9.91. The Kier molecular flexibility index (Phi) is 4.64. The van der Waals surface area contributed by atoms with Crippen molar-refractivity contribution in [2.75, 3.05) is 17.3 Å². The summed E-state index contributed by atoms with van der Waals surface area (Å²) >= 11 is 5.85. The fraction of sp³-hybridized carbons (Fsp3) is 0.692. The van der Waals surface area contributed by atoms with Crippen molar-refractivity contribution in [3.05, 3.63) is 22.7 Å². The lowest BCUT2D eigenvalue weighted by Gasteiger charge is -2.37. The van der Waals surface area contributed by atoms with E-state index in [1.807, 2.05) is 0 Å². The predicted molar refractivity (Wildman–Crippen MR) is 74.5 cm³/mol. The van der Waals surface area contributed by atoms with Crippen LogP contribution in [0.3, 0.4) is 0 Å². The summed E-state index contributed by atoms with van der Waals surface area (Å²) in [6.07, 6.45) is 7.93. The van der Waals surface area contributed by atoms with Crippen LogP contribution >= 0.6 is 11.6 Å². The van der Waals surface area contributed by atoms with Crippen LogP contribution in [0.2, 0.25) is 0 Å². The Labute approximate surface area is 113 Å². The molecule has 0 N–H and O–H groups in total. The Morgan fingerprint density at radius 3 is 2.89 bits per heavy atom. The molecule has 0 unspecified atom stereocenters. The van der Waals surface area contributed by atoms with Crippen LogP contribution in [0.1, 0.15) is 32.6 Å². The zero-order chi connectivity index (χ0) is 13.0. The van der Waals surface area contributed by atoms with Crippen LogP contribution in [0.4, 0.5) is 5.82 Å². The first kappa shape index (κ1) is 13.4. The van der Waals surface area contributed by atoms with Crippen molar-refractivity contribution in [1.82, 2.24) is 9.55 Å². The van der Waals surface area contributed by atoms with E-state index in [0.29, 0.717) is 24.3 Å². The number of aryl methyl sites for hydroxylation is 1. The Hall–Kier alpha value is -1.03. The monoisotopic (exact) mass is 269 g/mol. The third-order valence-electron chi connectivity index (χ3n) is 3.47. The first-order valence-corrected chi connectivity index (χ1v) is 7.19. The van der Waals surface area contributed by atoms with Gasteiger partial charge >= 0.3 is 0 Å². The first-order chi connectivity index (χ1) is 8.77. The molecule has 1 aliphatic rings. The topological polar surface area (TPSA) is 38.1 Å². The van der Waals surface area contributed by atoms with Gasteiger partial charge in [0.2, 0.25) is 0 Å². The molecule has 100 valence electrons. The van der Waals surface area contributed by atoms with Crippen molar-refractivity contribution in [3.8, 4) is 0 Å². The fourth-order valence-electron chi connectivity index (χ4n) is 2.30. The summed E-state index contributed by atoms with van der Waals surface area (Å²) in [5, 5.41) is 0. The summed E-state index contributed by atoms with van der Waals surface area (Å²) in [6.45, 7) is 3.51. The molecule has 0 bridgehead atoms. The number of aromatic nitrogens is 2. The Morgan fingerprint density at radius 2 is 2.33 bits per heavy atom. The molecule has 1 heterocycles. The highest BCUT2D eigenvalue weighted by Gasteiger charge is 2.27. The number of alkyl halides is 1. The molecule has 2 rings (SSSR count). The van der Waals surface area contributed by atoms with Crippen molar-refractivity contribution in [2.45, 2.75) is 45.2 Å². The molecule has 0 aliphatic heterocycles. The zero-order valence-corrected chi connectivity index (χ0v) is 11.6. The number of hydrogen-bond acceptors (Lipinski definition) is 3. The third kappa shape index (κ3) is 2.69. The average molecular weight is 270 g/mol. The van der Waals surface area contributed by atoms with Crippen LogP contribution < -0.4 is 10.5 Å². The maximum Gasteiger partial charge on any atom is 0.293 e. The van der Waals surface area contributed by atoms with E-state index >= 15 is 0 Å². The molecule has 1 fully saturated rings. The molecular formula is C13H20ClN3O. The Bertz CT molecular complexity index is 442. The normalized spacial score (nSPS) is 15.4. The summed E-state index contributed by atoms with van der Waals surface area (Å²) < 4.78 is 1.74. The highest BCUT2D eigenvalue weighted by molar-refractivity contribution is 6.18. The zero-order valence-electron chi connectivity index (χ0n) is 10.8. The number of anilines is 1. The van der Waals surface area contributed by atoms with Crippen molar-refractivity contribution in [3.63, 3.8) is 0 Å². The van der Waals surface area contributed by atoms with Crippen LogP contribution in [0.25, 0.3) is 0 Å². The Morgan fingerprint density at radius 1 is 1.56 bits per heavy atom. The number of rotatable bonds is 6. The van der Waals surface area contributed by atoms with Gasteiger partial charge in [-0.1, -0.05) is 6.92 Å². The fourth-order valence-corrected chi connectivity index (χ4v) is 2.48. The van der Waals surface area contributed by atoms with E-state index in [2.05, 4.69) is 16.8 Å². The average Bonchev–Trinajstić information content (AvgIpc) is 2.29. The highest BCUT2D eigenvalue weighted by atomic mass is 35.5. The molecule has 18 heavy (non-hydrogen) atoms. The van der Waals surface area contributed by atoms with E-state index in [-0.39, 0.29) is 5.56 Å². The van der Waals surface area contributed by atoms with Gasteiger partial charge in [0.1, 0.15) is 0 Å². The second kappa shape index (κ2) is 6.23. The summed E-state index contributed by atoms with van der Waals surface area (Å²) in [4.78, 5) is 18.7. The molecule has 1 aromatic rings. The predicted octanol–water partition coefficient (Wildman–Crippen LogP) is 2.25. The minimum absolute atomic E-state index is 0.0105. The molecule has 0 atom stereocenters. The van der Waals surface area contributed by atoms with Gasteiger partial charge in [0.05, 0.1) is 0 Å². The van der Waals surface area contributed by atoms with E-state index in [1.54, 1.807) is 17.0 Å². The molecule has 0 saturated heterocycles. The van der Waals surface area contributed by atoms with Crippen molar-refractivity contribution >= 4 is 17.4 Å². The van der Waals surface area contributed by atoms with Crippen LogP contribution in [0.15, 0.2) is 17.2 Å². The molecule has 1 saturated carbocycles. The summed E-state index contributed by atoms with van der Waals surface area (Å²) in [7, 11) is 0. The van der Waals surface area contributed by atoms with Gasteiger partial charge < -0.3 is 9.47 Å². The lowest BCUT2D eigenvalue weighted by Crippen LogP contribution is -2.45. The van der Waals surface area contributed by atoms with Gasteiger partial charge in [0, 0.05) is 37.4 Å². The van der Waals surface area contributed by atoms with E-state index in [1.165, 1.54) is 6.42 Å². The number of hydrogen-bond donors (Lipinski definition) is 0. The quantitative estimate of drug-likeness (QED) is 0.744. The van der Waals surface area contributed by atoms with Crippen molar-refractivity contribution in [2.24, 2.45) is 0 Å². The van der Waals surface area contributed by atoms with Crippen LogP contribution in [-0.2, 0) is 6.54 Å². The minimum atomic E-state index is 0.0105. The molecule has 0 amide bonds. The summed E-state index contributed by atoms with van der Waals surface area (Å²) in [5.41, 5.74) is 0.0105. The molecular weight excluding hydrogens is 250 g/mol. The van der Waals surface area contributed by atoms with Gasteiger partial charge in [-0.05, 0) is 25.7 Å². The molecule has 4 nitrogen and oxygen atoms in total. The van der Waals surface area contributed by atoms with Gasteiger partial charge in [-0.25, -0.2) is 4.98 Å². The van der Waals surface area contributed by atoms with Gasteiger partial charge in [-0.2, -0.15) is 0 Å². The molecule has 0 spiro atoms. The molecule has 0 radical (unpaired) electrons. The maximum atomic E-state index is 12.3. The lowest BCUT2D eigenvalue weighted by molar-refractivity contribution is 0.387. The largest absolute Gasteiger partial charge is 0.348 e. The van der Waals surface area contributed by atoms with Gasteiger partial charge in [0.15, 0.2) is 5.82 Å². The Balaban J connectivity index is 2.28. The third-order valence-corrected chi connectivity index (χ3v) is 3.64. The SMILES string of the molecule is CCCn1ccnc(N(CCCl)C2CCC2)c1=O. The highest BCUT2D eigenvalue weighted by Crippen LogP contribution is 2.26. The molecule has 1 aromatic heterocycles. The van der Waals surface area contributed by atoms with Crippen molar-refractivity contribution in [1.29, 1.82) is 0 Å². The number of halogens is 1.